The Morgan fingerprint density at radius 1 is 1.21 bits per heavy atom. The van der Waals surface area contributed by atoms with Crippen molar-refractivity contribution >= 4 is 23.3 Å². The summed E-state index contributed by atoms with van der Waals surface area (Å²) in [6, 6.07) is 12.3. The predicted octanol–water partition coefficient (Wildman–Crippen LogP) is 3.26. The lowest BCUT2D eigenvalue weighted by Gasteiger charge is -2.38. The van der Waals surface area contributed by atoms with Crippen molar-refractivity contribution in [2.45, 2.75) is 13.0 Å². The number of nitrogens with zero attached hydrogens (tertiary/aromatic N) is 2. The molecule has 1 saturated heterocycles. The molecule has 1 unspecified atom stereocenters. The lowest BCUT2D eigenvalue weighted by molar-refractivity contribution is -0.117. The summed E-state index contributed by atoms with van der Waals surface area (Å²) in [5.41, 5.74) is 1.93. The standard InChI is InChI=1S/C22H29N3O2S/c1-17(15-20-5-4-14-28-20)22(26)23-16-21(25-12-10-24(2)11-13-25)18-6-8-19(27-3)9-7-18/h4-9,14-15,21H,10-13,16H2,1-3H3,(H,23,26)/b17-15+. The second kappa shape index (κ2) is 9.87. The molecule has 150 valence electrons. The van der Waals surface area contributed by atoms with Gasteiger partial charge >= 0.3 is 0 Å². The van der Waals surface area contributed by atoms with Gasteiger partial charge in [0.05, 0.1) is 13.2 Å². The van der Waals surface area contributed by atoms with Crippen molar-refractivity contribution in [3.8, 4) is 5.75 Å². The number of carbonyl (C=O) groups is 1. The van der Waals surface area contributed by atoms with Gasteiger partial charge in [-0.05, 0) is 49.2 Å². The van der Waals surface area contributed by atoms with Gasteiger partial charge in [0.2, 0.25) is 5.91 Å². The van der Waals surface area contributed by atoms with E-state index < -0.39 is 0 Å². The molecule has 1 aromatic heterocycles. The smallest absolute Gasteiger partial charge is 0.247 e. The molecule has 0 saturated carbocycles. The summed E-state index contributed by atoms with van der Waals surface area (Å²) in [4.78, 5) is 18.5. The molecule has 0 radical (unpaired) electrons. The molecule has 2 heterocycles. The molecule has 1 aromatic carbocycles. The van der Waals surface area contributed by atoms with Gasteiger partial charge in [0.25, 0.3) is 0 Å². The number of benzene rings is 1. The SMILES string of the molecule is COc1ccc(C(CNC(=O)/C(C)=C/c2cccs2)N2CCN(C)CC2)cc1. The topological polar surface area (TPSA) is 44.8 Å². The van der Waals surface area contributed by atoms with Crippen LogP contribution in [0.2, 0.25) is 0 Å². The lowest BCUT2D eigenvalue weighted by atomic mass is 10.0. The number of methoxy groups -OCH3 is 1. The third kappa shape index (κ3) is 5.44. The highest BCUT2D eigenvalue weighted by Gasteiger charge is 2.24. The van der Waals surface area contributed by atoms with Gasteiger partial charge in [-0.25, -0.2) is 0 Å². The maximum Gasteiger partial charge on any atom is 0.247 e. The first-order valence-corrected chi connectivity index (χ1v) is 10.5. The molecular formula is C22H29N3O2S. The molecule has 0 bridgehead atoms. The van der Waals surface area contributed by atoms with Crippen molar-refractivity contribution < 1.29 is 9.53 Å². The van der Waals surface area contributed by atoms with Crippen molar-refractivity contribution in [3.05, 3.63) is 57.8 Å². The number of carbonyl (C=O) groups excluding carboxylic acids is 1. The van der Waals surface area contributed by atoms with Crippen LogP contribution in [-0.4, -0.2) is 62.6 Å². The van der Waals surface area contributed by atoms with Crippen LogP contribution in [0.5, 0.6) is 5.75 Å². The van der Waals surface area contributed by atoms with Crippen LogP contribution in [0.3, 0.4) is 0 Å². The fourth-order valence-electron chi connectivity index (χ4n) is 3.40. The first kappa shape index (κ1) is 20.6. The Morgan fingerprint density at radius 3 is 2.54 bits per heavy atom. The van der Waals surface area contributed by atoms with Crippen LogP contribution < -0.4 is 10.1 Å². The van der Waals surface area contributed by atoms with Gasteiger partial charge in [0.15, 0.2) is 0 Å². The van der Waals surface area contributed by atoms with Crippen LogP contribution in [0.25, 0.3) is 6.08 Å². The number of amides is 1. The maximum atomic E-state index is 12.6. The summed E-state index contributed by atoms with van der Waals surface area (Å²) in [5, 5.41) is 5.16. The summed E-state index contributed by atoms with van der Waals surface area (Å²) in [5.74, 6) is 0.834. The number of thiophene rings is 1. The van der Waals surface area contributed by atoms with Crippen LogP contribution in [0, 0.1) is 0 Å². The van der Waals surface area contributed by atoms with E-state index in [0.29, 0.717) is 6.54 Å². The maximum absolute atomic E-state index is 12.6. The zero-order valence-corrected chi connectivity index (χ0v) is 17.7. The van der Waals surface area contributed by atoms with Crippen molar-refractivity contribution in [2.75, 3.05) is 46.9 Å². The first-order chi connectivity index (χ1) is 13.6. The second-order valence-electron chi connectivity index (χ2n) is 7.18. The van der Waals surface area contributed by atoms with Crippen LogP contribution >= 0.6 is 11.3 Å². The third-order valence-electron chi connectivity index (χ3n) is 5.20. The van der Waals surface area contributed by atoms with Gasteiger partial charge in [-0.2, -0.15) is 0 Å². The van der Waals surface area contributed by atoms with Gasteiger partial charge in [0, 0.05) is 43.2 Å². The van der Waals surface area contributed by atoms with E-state index in [1.54, 1.807) is 18.4 Å². The summed E-state index contributed by atoms with van der Waals surface area (Å²) in [6.07, 6.45) is 1.94. The van der Waals surface area contributed by atoms with Gasteiger partial charge in [0.1, 0.15) is 5.75 Å². The largest absolute Gasteiger partial charge is 0.497 e. The summed E-state index contributed by atoms with van der Waals surface area (Å²) < 4.78 is 5.29. The molecule has 1 aliphatic heterocycles. The van der Waals surface area contributed by atoms with Gasteiger partial charge in [-0.1, -0.05) is 18.2 Å². The van der Waals surface area contributed by atoms with Crippen LogP contribution in [0.15, 0.2) is 47.4 Å². The Hall–Kier alpha value is -2.15. The molecule has 1 atom stereocenters. The monoisotopic (exact) mass is 399 g/mol. The number of hydrogen-bond acceptors (Lipinski definition) is 5. The lowest BCUT2D eigenvalue weighted by Crippen LogP contribution is -2.48. The summed E-state index contributed by atoms with van der Waals surface area (Å²) in [6.45, 7) is 6.52. The molecule has 5 nitrogen and oxygen atoms in total. The molecule has 1 N–H and O–H groups in total. The molecular weight excluding hydrogens is 370 g/mol. The highest BCUT2D eigenvalue weighted by atomic mass is 32.1. The number of hydrogen-bond donors (Lipinski definition) is 1. The number of nitrogens with one attached hydrogen (secondary N) is 1. The van der Waals surface area contributed by atoms with E-state index in [-0.39, 0.29) is 11.9 Å². The fourth-order valence-corrected chi connectivity index (χ4v) is 4.11. The highest BCUT2D eigenvalue weighted by molar-refractivity contribution is 7.10. The van der Waals surface area contributed by atoms with Crippen LogP contribution in [0.4, 0.5) is 0 Å². The molecule has 1 amide bonds. The van der Waals surface area contributed by atoms with Crippen molar-refractivity contribution in [1.29, 1.82) is 0 Å². The Morgan fingerprint density at radius 2 is 1.93 bits per heavy atom. The van der Waals surface area contributed by atoms with E-state index in [4.69, 9.17) is 4.74 Å². The fraction of sp³-hybridized carbons (Fsp3) is 0.409. The van der Waals surface area contributed by atoms with E-state index in [9.17, 15) is 4.79 Å². The average Bonchev–Trinajstić information content (AvgIpc) is 3.22. The zero-order valence-electron chi connectivity index (χ0n) is 16.9. The number of rotatable bonds is 7. The Bertz CT molecular complexity index is 779. The molecule has 3 rings (SSSR count). The number of likely N-dealkylation sites (N-methyl/N-ethyl adjacent to an activating group) is 1. The molecule has 0 aliphatic carbocycles. The minimum Gasteiger partial charge on any atom is -0.497 e. The van der Waals surface area contributed by atoms with Crippen LogP contribution in [-0.2, 0) is 4.79 Å². The molecule has 6 heteroatoms. The zero-order chi connectivity index (χ0) is 19.9. The third-order valence-corrected chi connectivity index (χ3v) is 6.01. The van der Waals surface area contributed by atoms with Crippen molar-refractivity contribution in [3.63, 3.8) is 0 Å². The molecule has 2 aromatic rings. The minimum absolute atomic E-state index is 0.0129. The van der Waals surface area contributed by atoms with Crippen molar-refractivity contribution in [1.82, 2.24) is 15.1 Å². The van der Waals surface area contributed by atoms with Gasteiger partial charge < -0.3 is 15.0 Å². The Labute approximate surface area is 171 Å². The molecule has 1 fully saturated rings. The minimum atomic E-state index is -0.0129. The van der Waals surface area contributed by atoms with Gasteiger partial charge in [-0.3, -0.25) is 9.69 Å². The first-order valence-electron chi connectivity index (χ1n) is 9.63. The summed E-state index contributed by atoms with van der Waals surface area (Å²) in [7, 11) is 3.83. The van der Waals surface area contributed by atoms with E-state index in [1.807, 2.05) is 42.6 Å². The number of ether oxygens (including phenoxy) is 1. The van der Waals surface area contributed by atoms with E-state index in [2.05, 4.69) is 34.3 Å². The molecule has 0 spiro atoms. The average molecular weight is 400 g/mol. The highest BCUT2D eigenvalue weighted by Crippen LogP contribution is 2.24. The molecule has 1 aliphatic rings. The Kier molecular flexibility index (Phi) is 7.25. The quantitative estimate of drug-likeness (QED) is 0.726. The Balaban J connectivity index is 1.70. The predicted molar refractivity (Wildman–Crippen MR) is 116 cm³/mol. The van der Waals surface area contributed by atoms with Crippen LogP contribution in [0.1, 0.15) is 23.4 Å². The van der Waals surface area contributed by atoms with E-state index in [1.165, 1.54) is 5.56 Å². The van der Waals surface area contributed by atoms with E-state index >= 15 is 0 Å². The van der Waals surface area contributed by atoms with Crippen molar-refractivity contribution in [2.24, 2.45) is 0 Å². The normalized spacial score (nSPS) is 17.3. The van der Waals surface area contributed by atoms with E-state index in [0.717, 1.165) is 42.4 Å². The summed E-state index contributed by atoms with van der Waals surface area (Å²) >= 11 is 1.64. The second-order valence-corrected chi connectivity index (χ2v) is 8.16. The van der Waals surface area contributed by atoms with Gasteiger partial charge in [-0.15, -0.1) is 11.3 Å². The number of piperazine rings is 1. The molecule has 28 heavy (non-hydrogen) atoms.